The van der Waals surface area contributed by atoms with E-state index in [-0.39, 0.29) is 10.9 Å². The molecule has 0 heterocycles. The molecule has 0 spiro atoms. The van der Waals surface area contributed by atoms with Gasteiger partial charge in [0, 0.05) is 16.2 Å². The standard InChI is InChI=1S/C13H19BrN2O2S/c1-9-4-2-3-5-13(9)16-19(17,18)10-6-7-11(14)12(15)8-10/h6-9,13,16H,2-5,15H2,1H3. The Bertz CT molecular complexity index is 560. The van der Waals surface area contributed by atoms with Gasteiger partial charge in [0.15, 0.2) is 0 Å². The smallest absolute Gasteiger partial charge is 0.240 e. The molecule has 0 aromatic heterocycles. The van der Waals surface area contributed by atoms with Gasteiger partial charge in [0.1, 0.15) is 0 Å². The van der Waals surface area contributed by atoms with Crippen LogP contribution in [0.15, 0.2) is 27.6 Å². The first-order valence-electron chi connectivity index (χ1n) is 6.47. The second kappa shape index (κ2) is 5.81. The molecule has 0 radical (unpaired) electrons. The van der Waals surface area contributed by atoms with Gasteiger partial charge in [-0.15, -0.1) is 0 Å². The fourth-order valence-electron chi connectivity index (χ4n) is 2.45. The third-order valence-electron chi connectivity index (χ3n) is 3.70. The fraction of sp³-hybridized carbons (Fsp3) is 0.538. The van der Waals surface area contributed by atoms with E-state index in [9.17, 15) is 8.42 Å². The maximum absolute atomic E-state index is 12.3. The van der Waals surface area contributed by atoms with E-state index in [2.05, 4.69) is 27.6 Å². The molecule has 6 heteroatoms. The van der Waals surface area contributed by atoms with Crippen LogP contribution in [0.25, 0.3) is 0 Å². The topological polar surface area (TPSA) is 72.2 Å². The van der Waals surface area contributed by atoms with Crippen molar-refractivity contribution in [1.82, 2.24) is 4.72 Å². The highest BCUT2D eigenvalue weighted by atomic mass is 79.9. The molecule has 2 rings (SSSR count). The van der Waals surface area contributed by atoms with E-state index in [4.69, 9.17) is 5.73 Å². The van der Waals surface area contributed by atoms with Gasteiger partial charge in [0.05, 0.1) is 4.90 Å². The number of hydrogen-bond acceptors (Lipinski definition) is 3. The van der Waals surface area contributed by atoms with Gasteiger partial charge in [-0.05, 0) is 52.9 Å². The number of rotatable bonds is 3. The van der Waals surface area contributed by atoms with Crippen molar-refractivity contribution in [3.63, 3.8) is 0 Å². The molecule has 1 aliphatic carbocycles. The van der Waals surface area contributed by atoms with E-state index in [0.29, 0.717) is 16.1 Å². The molecule has 0 bridgehead atoms. The summed E-state index contributed by atoms with van der Waals surface area (Å²) in [5, 5.41) is 0. The van der Waals surface area contributed by atoms with Crippen molar-refractivity contribution in [3.8, 4) is 0 Å². The van der Waals surface area contributed by atoms with Crippen LogP contribution in [0.1, 0.15) is 32.6 Å². The lowest BCUT2D eigenvalue weighted by Gasteiger charge is -2.29. The summed E-state index contributed by atoms with van der Waals surface area (Å²) in [4.78, 5) is 0.228. The van der Waals surface area contributed by atoms with Crippen molar-refractivity contribution in [2.75, 3.05) is 5.73 Å². The van der Waals surface area contributed by atoms with E-state index < -0.39 is 10.0 Å². The van der Waals surface area contributed by atoms with Crippen LogP contribution in [0.5, 0.6) is 0 Å². The first-order chi connectivity index (χ1) is 8.90. The zero-order valence-corrected chi connectivity index (χ0v) is 13.3. The predicted octanol–water partition coefficient (Wildman–Crippen LogP) is 2.89. The molecule has 2 unspecified atom stereocenters. The van der Waals surface area contributed by atoms with E-state index in [1.54, 1.807) is 12.1 Å². The van der Waals surface area contributed by atoms with E-state index in [1.165, 1.54) is 12.5 Å². The van der Waals surface area contributed by atoms with Crippen molar-refractivity contribution in [1.29, 1.82) is 0 Å². The summed E-state index contributed by atoms with van der Waals surface area (Å²) in [5.74, 6) is 0.385. The molecule has 0 saturated heterocycles. The van der Waals surface area contributed by atoms with Crippen molar-refractivity contribution in [2.45, 2.75) is 43.5 Å². The minimum absolute atomic E-state index is 0.0311. The van der Waals surface area contributed by atoms with Gasteiger partial charge < -0.3 is 5.73 Å². The van der Waals surface area contributed by atoms with Gasteiger partial charge in [-0.1, -0.05) is 19.8 Å². The maximum atomic E-state index is 12.3. The monoisotopic (exact) mass is 346 g/mol. The van der Waals surface area contributed by atoms with Crippen LogP contribution in [0, 0.1) is 5.92 Å². The number of nitrogen functional groups attached to an aromatic ring is 1. The third kappa shape index (κ3) is 3.49. The average Bonchev–Trinajstić information content (AvgIpc) is 2.35. The van der Waals surface area contributed by atoms with Crippen molar-refractivity contribution in [3.05, 3.63) is 22.7 Å². The SMILES string of the molecule is CC1CCCCC1NS(=O)(=O)c1ccc(Br)c(N)c1. The molecule has 1 saturated carbocycles. The Labute approximate surface area is 122 Å². The molecular formula is C13H19BrN2O2S. The summed E-state index contributed by atoms with van der Waals surface area (Å²) in [6.07, 6.45) is 4.26. The second-order valence-corrected chi connectivity index (χ2v) is 7.74. The lowest BCUT2D eigenvalue weighted by atomic mass is 9.87. The van der Waals surface area contributed by atoms with E-state index >= 15 is 0 Å². The Morgan fingerprint density at radius 3 is 2.63 bits per heavy atom. The molecule has 3 N–H and O–H groups in total. The number of hydrogen-bond donors (Lipinski definition) is 2. The summed E-state index contributed by atoms with van der Waals surface area (Å²) in [6, 6.07) is 4.74. The Balaban J connectivity index is 2.19. The highest BCUT2D eigenvalue weighted by molar-refractivity contribution is 9.10. The minimum atomic E-state index is -3.48. The lowest BCUT2D eigenvalue weighted by Crippen LogP contribution is -2.40. The molecule has 19 heavy (non-hydrogen) atoms. The Morgan fingerprint density at radius 2 is 2.00 bits per heavy atom. The molecule has 1 aromatic rings. The number of sulfonamides is 1. The summed E-state index contributed by atoms with van der Waals surface area (Å²) in [6.45, 7) is 2.10. The minimum Gasteiger partial charge on any atom is -0.398 e. The zero-order chi connectivity index (χ0) is 14.0. The molecule has 0 aliphatic heterocycles. The van der Waals surface area contributed by atoms with Gasteiger partial charge in [0.2, 0.25) is 10.0 Å². The van der Waals surface area contributed by atoms with E-state index in [1.807, 2.05) is 0 Å². The van der Waals surface area contributed by atoms with Crippen LogP contribution in [0.2, 0.25) is 0 Å². The Morgan fingerprint density at radius 1 is 1.32 bits per heavy atom. The Kier molecular flexibility index (Phi) is 4.53. The Hall–Kier alpha value is -0.590. The first kappa shape index (κ1) is 14.8. The van der Waals surface area contributed by atoms with Crippen molar-refractivity contribution in [2.24, 2.45) is 5.92 Å². The summed E-state index contributed by atoms with van der Waals surface area (Å²) in [7, 11) is -3.48. The first-order valence-corrected chi connectivity index (χ1v) is 8.75. The highest BCUT2D eigenvalue weighted by Crippen LogP contribution is 2.27. The van der Waals surface area contributed by atoms with Crippen LogP contribution in [0.4, 0.5) is 5.69 Å². The van der Waals surface area contributed by atoms with Crippen molar-refractivity contribution < 1.29 is 8.42 Å². The molecule has 1 aliphatic rings. The molecule has 2 atom stereocenters. The van der Waals surface area contributed by atoms with Gasteiger partial charge in [-0.3, -0.25) is 0 Å². The van der Waals surface area contributed by atoms with Crippen molar-refractivity contribution >= 4 is 31.6 Å². The van der Waals surface area contributed by atoms with Crippen LogP contribution >= 0.6 is 15.9 Å². The van der Waals surface area contributed by atoms with Crippen LogP contribution < -0.4 is 10.5 Å². The predicted molar refractivity (Wildman–Crippen MR) is 80.3 cm³/mol. The molecule has 106 valence electrons. The molecule has 1 fully saturated rings. The fourth-order valence-corrected chi connectivity index (χ4v) is 4.11. The highest BCUT2D eigenvalue weighted by Gasteiger charge is 2.26. The molecule has 1 aromatic carbocycles. The van der Waals surface area contributed by atoms with E-state index in [0.717, 1.165) is 19.3 Å². The van der Waals surface area contributed by atoms with Crippen LogP contribution in [-0.2, 0) is 10.0 Å². The number of anilines is 1. The van der Waals surface area contributed by atoms with Gasteiger partial charge in [-0.25, -0.2) is 13.1 Å². The summed E-state index contributed by atoms with van der Waals surface area (Å²) >= 11 is 3.26. The number of nitrogens with one attached hydrogen (secondary N) is 1. The number of halogens is 1. The van der Waals surface area contributed by atoms with Gasteiger partial charge >= 0.3 is 0 Å². The third-order valence-corrected chi connectivity index (χ3v) is 5.91. The number of nitrogens with two attached hydrogens (primary N) is 1. The molecule has 4 nitrogen and oxygen atoms in total. The zero-order valence-electron chi connectivity index (χ0n) is 10.9. The normalized spacial score (nSPS) is 24.3. The number of benzene rings is 1. The second-order valence-electron chi connectivity index (χ2n) is 5.17. The van der Waals surface area contributed by atoms with Crippen LogP contribution in [-0.4, -0.2) is 14.5 Å². The maximum Gasteiger partial charge on any atom is 0.240 e. The molecular weight excluding hydrogens is 328 g/mol. The average molecular weight is 347 g/mol. The quantitative estimate of drug-likeness (QED) is 0.826. The molecule has 0 amide bonds. The largest absolute Gasteiger partial charge is 0.398 e. The van der Waals surface area contributed by atoms with Gasteiger partial charge in [-0.2, -0.15) is 0 Å². The summed E-state index contributed by atoms with van der Waals surface area (Å²) < 4.78 is 28.2. The lowest BCUT2D eigenvalue weighted by molar-refractivity contribution is 0.310. The summed E-state index contributed by atoms with van der Waals surface area (Å²) in [5.41, 5.74) is 6.17. The van der Waals surface area contributed by atoms with Gasteiger partial charge in [0.25, 0.3) is 0 Å². The van der Waals surface area contributed by atoms with Crippen LogP contribution in [0.3, 0.4) is 0 Å².